The number of halogens is 2. The molecule has 0 bridgehead atoms. The average molecular weight is 447 g/mol. The number of imidazole rings is 1. The molecule has 0 spiro atoms. The van der Waals surface area contributed by atoms with Crippen LogP contribution >= 0.6 is 0 Å². The minimum Gasteiger partial charge on any atom is -0.322 e. The van der Waals surface area contributed by atoms with Gasteiger partial charge in [-0.25, -0.2) is 28.7 Å². The first-order chi connectivity index (χ1) is 15.9. The molecule has 9 heteroatoms. The molecule has 4 heterocycles. The number of pyridine rings is 1. The highest BCUT2D eigenvalue weighted by atomic mass is 19.1. The molecular weight excluding hydrogens is 424 g/mol. The summed E-state index contributed by atoms with van der Waals surface area (Å²) in [5.41, 5.74) is 3.43. The molecular formula is C24H23F2N7. The molecule has 0 amide bonds. The number of hydrogen-bond acceptors (Lipinski definition) is 6. The number of hydrogen-bond donors (Lipinski definition) is 2. The molecule has 4 aromatic rings. The topological polar surface area (TPSA) is 80.6 Å². The van der Waals surface area contributed by atoms with Crippen molar-refractivity contribution in [1.82, 2.24) is 29.8 Å². The smallest absolute Gasteiger partial charge is 0.229 e. The molecule has 1 saturated carbocycles. The van der Waals surface area contributed by atoms with Crippen molar-refractivity contribution in [3.63, 3.8) is 0 Å². The summed E-state index contributed by atoms with van der Waals surface area (Å²) in [7, 11) is 0. The van der Waals surface area contributed by atoms with E-state index in [1.165, 1.54) is 6.07 Å². The molecule has 0 atom stereocenters. The molecule has 1 fully saturated rings. The van der Waals surface area contributed by atoms with Gasteiger partial charge in [-0.05, 0) is 50.5 Å². The molecule has 1 aliphatic carbocycles. The largest absolute Gasteiger partial charge is 0.322 e. The number of nitrogens with one attached hydrogen (secondary N) is 2. The van der Waals surface area contributed by atoms with Gasteiger partial charge in [-0.2, -0.15) is 0 Å². The lowest BCUT2D eigenvalue weighted by Gasteiger charge is -2.17. The Hall–Kier alpha value is -3.46. The number of aromatic nitrogens is 5. The van der Waals surface area contributed by atoms with E-state index in [9.17, 15) is 4.39 Å². The summed E-state index contributed by atoms with van der Waals surface area (Å²) >= 11 is 0. The van der Waals surface area contributed by atoms with Crippen molar-refractivity contribution in [3.05, 3.63) is 59.2 Å². The Balaban J connectivity index is 1.40. The molecule has 33 heavy (non-hydrogen) atoms. The fourth-order valence-electron chi connectivity index (χ4n) is 4.63. The summed E-state index contributed by atoms with van der Waals surface area (Å²) in [6, 6.07) is 6.91. The lowest BCUT2D eigenvalue weighted by Crippen LogP contribution is -2.24. The summed E-state index contributed by atoms with van der Waals surface area (Å²) in [4.78, 5) is 17.5. The number of rotatable bonds is 4. The Morgan fingerprint density at radius 2 is 1.94 bits per heavy atom. The maximum absolute atomic E-state index is 15.0. The van der Waals surface area contributed by atoms with E-state index in [4.69, 9.17) is 0 Å². The van der Waals surface area contributed by atoms with Crippen LogP contribution in [0.2, 0.25) is 0 Å². The van der Waals surface area contributed by atoms with Gasteiger partial charge in [0.25, 0.3) is 0 Å². The molecule has 7 nitrogen and oxygen atoms in total. The minimum absolute atomic E-state index is 0.0295. The predicted molar refractivity (Wildman–Crippen MR) is 121 cm³/mol. The molecule has 0 saturated heterocycles. The first kappa shape index (κ1) is 20.2. The van der Waals surface area contributed by atoms with Crippen molar-refractivity contribution in [2.45, 2.75) is 45.2 Å². The molecule has 0 radical (unpaired) electrons. The van der Waals surface area contributed by atoms with E-state index in [-0.39, 0.29) is 17.2 Å². The van der Waals surface area contributed by atoms with Crippen molar-refractivity contribution < 1.29 is 8.78 Å². The molecule has 2 N–H and O–H groups in total. The van der Waals surface area contributed by atoms with Gasteiger partial charge in [0, 0.05) is 36.3 Å². The fourth-order valence-corrected chi connectivity index (χ4v) is 4.63. The third-order valence-corrected chi connectivity index (χ3v) is 6.57. The van der Waals surface area contributed by atoms with Crippen molar-refractivity contribution >= 4 is 22.8 Å². The molecule has 168 valence electrons. The van der Waals surface area contributed by atoms with Crippen LogP contribution in [-0.4, -0.2) is 31.0 Å². The second-order valence-corrected chi connectivity index (χ2v) is 9.06. The minimum atomic E-state index is -0.621. The Morgan fingerprint density at radius 3 is 2.76 bits per heavy atom. The number of anilines is 2. The Labute approximate surface area is 189 Å². The van der Waals surface area contributed by atoms with Gasteiger partial charge in [-0.3, -0.25) is 0 Å². The quantitative estimate of drug-likeness (QED) is 0.484. The first-order valence-corrected chi connectivity index (χ1v) is 11.1. The highest BCUT2D eigenvalue weighted by Gasteiger charge is 2.41. The highest BCUT2D eigenvalue weighted by Crippen LogP contribution is 2.46. The maximum Gasteiger partial charge on any atom is 0.229 e. The van der Waals surface area contributed by atoms with Crippen molar-refractivity contribution in [1.29, 1.82) is 0 Å². The van der Waals surface area contributed by atoms with Gasteiger partial charge < -0.3 is 15.2 Å². The van der Waals surface area contributed by atoms with Crippen molar-refractivity contribution in [2.24, 2.45) is 0 Å². The van der Waals surface area contributed by atoms with Gasteiger partial charge in [-0.15, -0.1) is 0 Å². The molecule has 6 rings (SSSR count). The van der Waals surface area contributed by atoms with Crippen LogP contribution in [0, 0.1) is 18.6 Å². The summed E-state index contributed by atoms with van der Waals surface area (Å²) in [6.07, 6.45) is 3.95. The van der Waals surface area contributed by atoms with Crippen LogP contribution in [-0.2, 0) is 18.5 Å². The predicted octanol–water partition coefficient (Wildman–Crippen LogP) is 4.37. The number of nitrogens with zero attached hydrogens (tertiary/aromatic N) is 5. The van der Waals surface area contributed by atoms with Gasteiger partial charge >= 0.3 is 0 Å². The van der Waals surface area contributed by atoms with Gasteiger partial charge in [0.1, 0.15) is 22.9 Å². The van der Waals surface area contributed by atoms with Crippen LogP contribution in [0.25, 0.3) is 22.3 Å². The summed E-state index contributed by atoms with van der Waals surface area (Å²) in [6.45, 7) is 5.67. The highest BCUT2D eigenvalue weighted by molar-refractivity contribution is 5.83. The summed E-state index contributed by atoms with van der Waals surface area (Å²) in [5, 5.41) is 6.38. The number of aryl methyl sites for hydroxylation is 1. The van der Waals surface area contributed by atoms with Crippen molar-refractivity contribution in [3.8, 4) is 11.3 Å². The first-order valence-electron chi connectivity index (χ1n) is 11.1. The molecule has 1 aliphatic heterocycles. The standard InChI is InChI=1S/C24H23F2N7/c1-13-29-22-16(25)9-15(10-19(22)33(13)24(2)6-7-24)21-17(26)12-28-23(32-21)31-20-4-3-14-11-27-8-5-18(14)30-20/h3-4,9-10,12,27H,5-8,11H2,1-2H3,(H,28,30,31,32). The summed E-state index contributed by atoms with van der Waals surface area (Å²) in [5.74, 6) is 0.424. The molecule has 0 unspecified atom stereocenters. The Kier molecular flexibility index (Phi) is 4.45. The van der Waals surface area contributed by atoms with E-state index in [0.717, 1.165) is 55.6 Å². The van der Waals surface area contributed by atoms with Crippen LogP contribution in [0.1, 0.15) is 36.8 Å². The Bertz CT molecular complexity index is 1410. The Morgan fingerprint density at radius 1 is 1.09 bits per heavy atom. The van der Waals surface area contributed by atoms with E-state index in [0.29, 0.717) is 22.4 Å². The third kappa shape index (κ3) is 3.43. The average Bonchev–Trinajstić information content (AvgIpc) is 3.44. The van der Waals surface area contributed by atoms with Gasteiger partial charge in [0.2, 0.25) is 5.95 Å². The zero-order valence-electron chi connectivity index (χ0n) is 18.4. The lowest BCUT2D eigenvalue weighted by molar-refractivity contribution is 0.533. The summed E-state index contributed by atoms with van der Waals surface area (Å²) < 4.78 is 31.8. The van der Waals surface area contributed by atoms with Crippen LogP contribution in [0.15, 0.2) is 30.5 Å². The van der Waals surface area contributed by atoms with E-state index >= 15 is 4.39 Å². The van der Waals surface area contributed by atoms with Crippen LogP contribution in [0.5, 0.6) is 0 Å². The third-order valence-electron chi connectivity index (χ3n) is 6.57. The number of fused-ring (bicyclic) bond motifs is 2. The molecule has 1 aromatic carbocycles. The van der Waals surface area contributed by atoms with E-state index in [1.807, 2.05) is 19.1 Å². The second kappa shape index (κ2) is 7.28. The normalized spacial score (nSPS) is 16.6. The lowest BCUT2D eigenvalue weighted by atomic mass is 10.1. The van der Waals surface area contributed by atoms with E-state index in [2.05, 4.69) is 42.1 Å². The van der Waals surface area contributed by atoms with Crippen molar-refractivity contribution in [2.75, 3.05) is 11.9 Å². The monoisotopic (exact) mass is 447 g/mol. The van der Waals surface area contributed by atoms with Crippen LogP contribution in [0.3, 0.4) is 0 Å². The van der Waals surface area contributed by atoms with E-state index in [1.54, 1.807) is 6.07 Å². The molecule has 2 aliphatic rings. The maximum atomic E-state index is 15.0. The van der Waals surface area contributed by atoms with Gasteiger partial charge in [-0.1, -0.05) is 6.07 Å². The second-order valence-electron chi connectivity index (χ2n) is 9.06. The SMILES string of the molecule is Cc1nc2c(F)cc(-c3nc(Nc4ccc5c(n4)CCNC5)ncc3F)cc2n1C1(C)CC1. The zero-order valence-corrected chi connectivity index (χ0v) is 18.4. The van der Waals surface area contributed by atoms with Crippen LogP contribution in [0.4, 0.5) is 20.5 Å². The van der Waals surface area contributed by atoms with Crippen LogP contribution < -0.4 is 10.6 Å². The fraction of sp³-hybridized carbons (Fsp3) is 0.333. The zero-order chi connectivity index (χ0) is 22.7. The van der Waals surface area contributed by atoms with Gasteiger partial charge in [0.05, 0.1) is 11.7 Å². The molecule has 3 aromatic heterocycles. The van der Waals surface area contributed by atoms with E-state index < -0.39 is 11.6 Å². The number of benzene rings is 1. The van der Waals surface area contributed by atoms with Gasteiger partial charge in [0.15, 0.2) is 11.6 Å².